The molecule has 0 saturated carbocycles. The quantitative estimate of drug-likeness (QED) is 0.878. The molecule has 4 heteroatoms. The van der Waals surface area contributed by atoms with Crippen molar-refractivity contribution < 1.29 is 9.90 Å². The lowest BCUT2D eigenvalue weighted by Crippen LogP contribution is -2.04. The van der Waals surface area contributed by atoms with Crippen LogP contribution < -0.4 is 0 Å². The van der Waals surface area contributed by atoms with Crippen LogP contribution in [0.2, 0.25) is 0 Å². The zero-order valence-corrected chi connectivity index (χ0v) is 12.0. The third-order valence-corrected chi connectivity index (χ3v) is 3.42. The number of carbonyl (C=O) groups is 1. The lowest BCUT2D eigenvalue weighted by molar-refractivity contribution is -0.136. The fraction of sp³-hybridized carbons (Fsp3) is 0.375. The fourth-order valence-electron chi connectivity index (χ4n) is 2.34. The van der Waals surface area contributed by atoms with Gasteiger partial charge in [-0.1, -0.05) is 31.5 Å². The van der Waals surface area contributed by atoms with Gasteiger partial charge in [-0.3, -0.25) is 4.79 Å². The molecule has 0 saturated heterocycles. The summed E-state index contributed by atoms with van der Waals surface area (Å²) in [6, 6.07) is 9.83. The first-order chi connectivity index (χ1) is 9.63. The maximum atomic E-state index is 11.1. The summed E-state index contributed by atoms with van der Waals surface area (Å²) in [5.41, 5.74) is 3.66. The van der Waals surface area contributed by atoms with Crippen LogP contribution in [0.1, 0.15) is 36.7 Å². The van der Waals surface area contributed by atoms with Crippen LogP contribution in [0.3, 0.4) is 0 Å². The molecule has 2 aromatic rings. The molecule has 0 spiro atoms. The summed E-state index contributed by atoms with van der Waals surface area (Å²) in [4.78, 5) is 11.1. The molecule has 106 valence electrons. The molecule has 0 unspecified atom stereocenters. The fourth-order valence-corrected chi connectivity index (χ4v) is 2.34. The molecule has 1 aromatic carbocycles. The average Bonchev–Trinajstić information content (AvgIpc) is 2.74. The maximum Gasteiger partial charge on any atom is 0.307 e. The smallest absolute Gasteiger partial charge is 0.307 e. The first-order valence-electron chi connectivity index (χ1n) is 6.98. The van der Waals surface area contributed by atoms with Crippen molar-refractivity contribution >= 4 is 5.97 Å². The zero-order chi connectivity index (χ0) is 14.5. The van der Waals surface area contributed by atoms with Gasteiger partial charge in [0.15, 0.2) is 0 Å². The van der Waals surface area contributed by atoms with Crippen LogP contribution in [0.4, 0.5) is 0 Å². The largest absolute Gasteiger partial charge is 0.481 e. The molecule has 0 radical (unpaired) electrons. The highest BCUT2D eigenvalue weighted by Gasteiger charge is 2.17. The van der Waals surface area contributed by atoms with Crippen molar-refractivity contribution in [2.24, 2.45) is 0 Å². The number of carboxylic acids is 1. The van der Waals surface area contributed by atoms with E-state index >= 15 is 0 Å². The molecule has 0 aliphatic rings. The third-order valence-electron chi connectivity index (χ3n) is 3.42. The van der Waals surface area contributed by atoms with E-state index in [0.29, 0.717) is 0 Å². The van der Waals surface area contributed by atoms with Crippen molar-refractivity contribution in [3.05, 3.63) is 47.3 Å². The Hall–Kier alpha value is -2.10. The summed E-state index contributed by atoms with van der Waals surface area (Å²) in [6.45, 7) is 4.06. The number of nitrogens with zero attached hydrogens (tertiary/aromatic N) is 2. The van der Waals surface area contributed by atoms with Crippen LogP contribution in [0.15, 0.2) is 30.3 Å². The Balaban J connectivity index is 2.43. The lowest BCUT2D eigenvalue weighted by atomic mass is 10.1. The molecule has 0 atom stereocenters. The van der Waals surface area contributed by atoms with Gasteiger partial charge in [-0.15, -0.1) is 0 Å². The van der Waals surface area contributed by atoms with Crippen molar-refractivity contribution in [2.45, 2.75) is 39.5 Å². The lowest BCUT2D eigenvalue weighted by Gasteiger charge is -2.04. The molecule has 4 nitrogen and oxygen atoms in total. The van der Waals surface area contributed by atoms with Gasteiger partial charge in [0.05, 0.1) is 17.8 Å². The van der Waals surface area contributed by atoms with Crippen molar-refractivity contribution in [2.75, 3.05) is 0 Å². The number of hydrogen-bond acceptors (Lipinski definition) is 2. The van der Waals surface area contributed by atoms with E-state index in [0.717, 1.165) is 41.9 Å². The number of rotatable bonds is 6. The van der Waals surface area contributed by atoms with Gasteiger partial charge >= 0.3 is 5.97 Å². The molecular formula is C16H20N2O2. The van der Waals surface area contributed by atoms with E-state index in [1.165, 1.54) is 0 Å². The Kier molecular flexibility index (Phi) is 4.56. The summed E-state index contributed by atoms with van der Waals surface area (Å²) in [6.07, 6.45) is 2.97. The van der Waals surface area contributed by atoms with Gasteiger partial charge in [-0.25, -0.2) is 4.68 Å². The second kappa shape index (κ2) is 6.37. The Labute approximate surface area is 119 Å². The summed E-state index contributed by atoms with van der Waals surface area (Å²) in [7, 11) is 0. The predicted molar refractivity (Wildman–Crippen MR) is 78.3 cm³/mol. The molecule has 1 aromatic heterocycles. The SMILES string of the molecule is CCCCc1nn(-c2ccccc2)c(C)c1CC(=O)O. The van der Waals surface area contributed by atoms with E-state index in [-0.39, 0.29) is 6.42 Å². The summed E-state index contributed by atoms with van der Waals surface area (Å²) in [5, 5.41) is 13.7. The van der Waals surface area contributed by atoms with Crippen LogP contribution >= 0.6 is 0 Å². The second-order valence-electron chi connectivity index (χ2n) is 4.93. The van der Waals surface area contributed by atoms with Crippen molar-refractivity contribution in [3.8, 4) is 5.69 Å². The minimum atomic E-state index is -0.807. The number of benzene rings is 1. The zero-order valence-electron chi connectivity index (χ0n) is 12.0. The number of carboxylic acid groups (broad SMARTS) is 1. The van der Waals surface area contributed by atoms with Crippen LogP contribution in [-0.2, 0) is 17.6 Å². The van der Waals surface area contributed by atoms with E-state index in [1.807, 2.05) is 41.9 Å². The summed E-state index contributed by atoms with van der Waals surface area (Å²) < 4.78 is 1.85. The Morgan fingerprint density at radius 1 is 1.30 bits per heavy atom. The summed E-state index contributed by atoms with van der Waals surface area (Å²) in [5.74, 6) is -0.807. The van der Waals surface area contributed by atoms with Gasteiger partial charge < -0.3 is 5.11 Å². The molecule has 0 bridgehead atoms. The number of aliphatic carboxylic acids is 1. The first-order valence-corrected chi connectivity index (χ1v) is 6.98. The standard InChI is InChI=1S/C16H20N2O2/c1-3-4-10-15-14(11-16(19)20)12(2)18(17-15)13-8-6-5-7-9-13/h5-9H,3-4,10-11H2,1-2H3,(H,19,20). The van der Waals surface area contributed by atoms with Crippen molar-refractivity contribution in [1.29, 1.82) is 0 Å². The van der Waals surface area contributed by atoms with Gasteiger partial charge in [0, 0.05) is 11.3 Å². The molecule has 20 heavy (non-hydrogen) atoms. The van der Waals surface area contributed by atoms with E-state index in [9.17, 15) is 4.79 Å². The number of aryl methyl sites for hydroxylation is 1. The van der Waals surface area contributed by atoms with E-state index < -0.39 is 5.97 Å². The van der Waals surface area contributed by atoms with Gasteiger partial charge in [0.2, 0.25) is 0 Å². The summed E-state index contributed by atoms with van der Waals surface area (Å²) >= 11 is 0. The molecule has 0 fully saturated rings. The topological polar surface area (TPSA) is 55.1 Å². The van der Waals surface area contributed by atoms with Gasteiger partial charge in [-0.2, -0.15) is 5.10 Å². The molecule has 1 heterocycles. The highest BCUT2D eigenvalue weighted by atomic mass is 16.4. The molecule has 1 N–H and O–H groups in total. The van der Waals surface area contributed by atoms with Crippen molar-refractivity contribution in [1.82, 2.24) is 9.78 Å². The van der Waals surface area contributed by atoms with Crippen LogP contribution in [0, 0.1) is 6.92 Å². The highest BCUT2D eigenvalue weighted by Crippen LogP contribution is 2.20. The van der Waals surface area contributed by atoms with Crippen LogP contribution in [0.25, 0.3) is 5.69 Å². The molecule has 0 amide bonds. The van der Waals surface area contributed by atoms with Gasteiger partial charge in [0.25, 0.3) is 0 Å². The second-order valence-corrected chi connectivity index (χ2v) is 4.93. The predicted octanol–water partition coefficient (Wildman–Crippen LogP) is 3.15. The Morgan fingerprint density at radius 2 is 2.00 bits per heavy atom. The molecule has 0 aliphatic heterocycles. The monoisotopic (exact) mass is 272 g/mol. The van der Waals surface area contributed by atoms with Crippen molar-refractivity contribution in [3.63, 3.8) is 0 Å². The Bertz CT molecular complexity index is 588. The van der Waals surface area contributed by atoms with E-state index in [4.69, 9.17) is 5.11 Å². The first kappa shape index (κ1) is 14.3. The normalized spacial score (nSPS) is 10.7. The van der Waals surface area contributed by atoms with E-state index in [1.54, 1.807) is 0 Å². The average molecular weight is 272 g/mol. The van der Waals surface area contributed by atoms with Crippen LogP contribution in [0.5, 0.6) is 0 Å². The number of unbranched alkanes of at least 4 members (excludes halogenated alkanes) is 1. The minimum absolute atomic E-state index is 0.0394. The maximum absolute atomic E-state index is 11.1. The number of hydrogen-bond donors (Lipinski definition) is 1. The highest BCUT2D eigenvalue weighted by molar-refractivity contribution is 5.71. The van der Waals surface area contributed by atoms with Gasteiger partial charge in [0.1, 0.15) is 0 Å². The van der Waals surface area contributed by atoms with E-state index in [2.05, 4.69) is 12.0 Å². The van der Waals surface area contributed by atoms with Crippen LogP contribution in [-0.4, -0.2) is 20.9 Å². The number of aromatic nitrogens is 2. The molecular weight excluding hydrogens is 252 g/mol. The molecule has 2 rings (SSSR count). The number of para-hydroxylation sites is 1. The third kappa shape index (κ3) is 3.07. The van der Waals surface area contributed by atoms with Gasteiger partial charge in [-0.05, 0) is 31.9 Å². The Morgan fingerprint density at radius 3 is 2.60 bits per heavy atom. The minimum Gasteiger partial charge on any atom is -0.481 e. The molecule has 0 aliphatic carbocycles.